The highest BCUT2D eigenvalue weighted by Crippen LogP contribution is 2.23. The zero-order valence-corrected chi connectivity index (χ0v) is 12.1. The minimum atomic E-state index is -0.315. The Hall–Kier alpha value is -1.84. The molecule has 5 heteroatoms. The molecule has 2 aromatic rings. The van der Waals surface area contributed by atoms with Crippen molar-refractivity contribution < 1.29 is 9.59 Å². The van der Waals surface area contributed by atoms with Gasteiger partial charge in [0, 0.05) is 16.8 Å². The van der Waals surface area contributed by atoms with E-state index in [0.717, 1.165) is 0 Å². The second-order valence-electron chi connectivity index (χ2n) is 4.22. The molecular formula is C15H11Cl2NO2. The first-order valence-electron chi connectivity index (χ1n) is 5.85. The molecule has 0 atom stereocenters. The van der Waals surface area contributed by atoms with Crippen LogP contribution in [0, 0.1) is 0 Å². The zero-order chi connectivity index (χ0) is 14.7. The van der Waals surface area contributed by atoms with Crippen LogP contribution in [-0.4, -0.2) is 11.7 Å². The smallest absolute Gasteiger partial charge is 0.255 e. The minimum absolute atomic E-state index is 0.0596. The Morgan fingerprint density at radius 3 is 2.35 bits per heavy atom. The zero-order valence-electron chi connectivity index (χ0n) is 10.6. The molecule has 0 aromatic heterocycles. The lowest BCUT2D eigenvalue weighted by atomic mass is 10.1. The largest absolute Gasteiger partial charge is 0.322 e. The Morgan fingerprint density at radius 1 is 0.950 bits per heavy atom. The summed E-state index contributed by atoms with van der Waals surface area (Å²) < 4.78 is 0. The molecule has 0 aliphatic heterocycles. The quantitative estimate of drug-likeness (QED) is 0.852. The average Bonchev–Trinajstić information content (AvgIpc) is 2.42. The molecule has 3 nitrogen and oxygen atoms in total. The van der Waals surface area contributed by atoms with E-state index < -0.39 is 0 Å². The molecule has 20 heavy (non-hydrogen) atoms. The van der Waals surface area contributed by atoms with Crippen LogP contribution < -0.4 is 5.32 Å². The fourth-order valence-corrected chi connectivity index (χ4v) is 1.95. The summed E-state index contributed by atoms with van der Waals surface area (Å²) in [5.41, 5.74) is 1.48. The third kappa shape index (κ3) is 3.38. The monoisotopic (exact) mass is 307 g/mol. The van der Waals surface area contributed by atoms with Crippen LogP contribution in [0.3, 0.4) is 0 Å². The van der Waals surface area contributed by atoms with E-state index >= 15 is 0 Å². The van der Waals surface area contributed by atoms with Crippen molar-refractivity contribution in [1.29, 1.82) is 0 Å². The van der Waals surface area contributed by atoms with Crippen molar-refractivity contribution in [3.63, 3.8) is 0 Å². The van der Waals surface area contributed by atoms with Gasteiger partial charge in [-0.15, -0.1) is 0 Å². The van der Waals surface area contributed by atoms with Gasteiger partial charge in [0.15, 0.2) is 5.78 Å². The lowest BCUT2D eigenvalue weighted by Crippen LogP contribution is -2.12. The van der Waals surface area contributed by atoms with Gasteiger partial charge in [0.1, 0.15) is 0 Å². The van der Waals surface area contributed by atoms with Crippen molar-refractivity contribution in [2.24, 2.45) is 0 Å². The first-order valence-corrected chi connectivity index (χ1v) is 6.60. The van der Waals surface area contributed by atoms with E-state index in [4.69, 9.17) is 23.2 Å². The Morgan fingerprint density at radius 2 is 1.70 bits per heavy atom. The van der Waals surface area contributed by atoms with E-state index in [9.17, 15) is 9.59 Å². The molecule has 0 radical (unpaired) electrons. The number of benzene rings is 2. The van der Waals surface area contributed by atoms with Crippen molar-refractivity contribution in [2.45, 2.75) is 6.92 Å². The second-order valence-corrected chi connectivity index (χ2v) is 5.03. The number of ketones is 1. The van der Waals surface area contributed by atoms with Crippen molar-refractivity contribution in [1.82, 2.24) is 0 Å². The molecule has 0 saturated carbocycles. The topological polar surface area (TPSA) is 46.2 Å². The third-order valence-corrected chi connectivity index (χ3v) is 3.45. The summed E-state index contributed by atoms with van der Waals surface area (Å²) in [5.74, 6) is -0.375. The Balaban J connectivity index is 2.21. The van der Waals surface area contributed by atoms with Gasteiger partial charge in [-0.2, -0.15) is 0 Å². The predicted molar refractivity (Wildman–Crippen MR) is 80.9 cm³/mol. The number of anilines is 1. The van der Waals surface area contributed by atoms with Crippen LogP contribution >= 0.6 is 23.2 Å². The van der Waals surface area contributed by atoms with E-state index in [2.05, 4.69) is 5.32 Å². The molecule has 1 N–H and O–H groups in total. The molecule has 0 aliphatic carbocycles. The summed E-state index contributed by atoms with van der Waals surface area (Å²) in [6.07, 6.45) is 0. The molecule has 2 rings (SSSR count). The summed E-state index contributed by atoms with van der Waals surface area (Å²) in [5, 5.41) is 3.41. The maximum absolute atomic E-state index is 12.1. The van der Waals surface area contributed by atoms with Gasteiger partial charge < -0.3 is 5.32 Å². The van der Waals surface area contributed by atoms with Crippen LogP contribution in [-0.2, 0) is 0 Å². The van der Waals surface area contributed by atoms with Crippen LogP contribution in [0.25, 0.3) is 0 Å². The summed E-state index contributed by atoms with van der Waals surface area (Å²) in [6, 6.07) is 11.4. The van der Waals surface area contributed by atoms with Crippen LogP contribution in [0.1, 0.15) is 27.6 Å². The van der Waals surface area contributed by atoms with Gasteiger partial charge >= 0.3 is 0 Å². The number of carbonyl (C=O) groups is 2. The summed E-state index contributed by atoms with van der Waals surface area (Å²) in [7, 11) is 0. The lowest BCUT2D eigenvalue weighted by Gasteiger charge is -2.07. The molecule has 0 heterocycles. The normalized spacial score (nSPS) is 10.2. The third-order valence-electron chi connectivity index (χ3n) is 2.71. The van der Waals surface area contributed by atoms with Gasteiger partial charge in [-0.3, -0.25) is 9.59 Å². The number of hydrogen-bond acceptors (Lipinski definition) is 2. The van der Waals surface area contributed by atoms with Gasteiger partial charge in [-0.1, -0.05) is 35.3 Å². The number of nitrogens with one attached hydrogen (secondary N) is 1. The van der Waals surface area contributed by atoms with Gasteiger partial charge in [0.25, 0.3) is 5.91 Å². The summed E-state index contributed by atoms with van der Waals surface area (Å²) in [6.45, 7) is 1.47. The van der Waals surface area contributed by atoms with E-state index in [1.54, 1.807) is 36.4 Å². The molecule has 0 fully saturated rings. The fraction of sp³-hybridized carbons (Fsp3) is 0.0667. The van der Waals surface area contributed by atoms with Gasteiger partial charge in [-0.25, -0.2) is 0 Å². The van der Waals surface area contributed by atoms with Gasteiger partial charge in [0.2, 0.25) is 0 Å². The van der Waals surface area contributed by atoms with Crippen molar-refractivity contribution in [2.75, 3.05) is 5.32 Å². The number of amides is 1. The van der Waals surface area contributed by atoms with Crippen LogP contribution in [0.2, 0.25) is 10.0 Å². The molecule has 102 valence electrons. The van der Waals surface area contributed by atoms with Gasteiger partial charge in [0.05, 0.1) is 10.0 Å². The fourth-order valence-electron chi connectivity index (χ4n) is 1.66. The van der Waals surface area contributed by atoms with Gasteiger partial charge in [-0.05, 0) is 37.3 Å². The maximum Gasteiger partial charge on any atom is 0.255 e. The Kier molecular flexibility index (Phi) is 4.42. The second kappa shape index (κ2) is 6.07. The van der Waals surface area contributed by atoms with E-state index in [1.165, 1.54) is 13.0 Å². The maximum atomic E-state index is 12.1. The molecule has 2 aromatic carbocycles. The highest BCUT2D eigenvalue weighted by Gasteiger charge is 2.09. The van der Waals surface area contributed by atoms with Crippen LogP contribution in [0.4, 0.5) is 5.69 Å². The van der Waals surface area contributed by atoms with Crippen molar-refractivity contribution in [3.05, 3.63) is 63.6 Å². The lowest BCUT2D eigenvalue weighted by molar-refractivity contribution is 0.101. The first kappa shape index (κ1) is 14.6. The van der Waals surface area contributed by atoms with E-state index in [0.29, 0.717) is 26.9 Å². The average molecular weight is 308 g/mol. The molecule has 1 amide bonds. The number of Topliss-reactive ketones (excluding diaryl/α,β-unsaturated/α-hetero) is 1. The summed E-state index contributed by atoms with van der Waals surface area (Å²) in [4.78, 5) is 23.4. The standard InChI is InChI=1S/C15H11Cl2NO2/c1-9(19)10-3-2-4-12(7-10)18-15(20)11-5-6-13(16)14(17)8-11/h2-8H,1H3,(H,18,20). The number of carbonyl (C=O) groups excluding carboxylic acids is 2. The Labute approximate surface area is 126 Å². The number of halogens is 2. The molecular weight excluding hydrogens is 297 g/mol. The molecule has 0 aliphatic rings. The number of hydrogen-bond donors (Lipinski definition) is 1. The van der Waals surface area contributed by atoms with Crippen molar-refractivity contribution in [3.8, 4) is 0 Å². The predicted octanol–water partition coefficient (Wildman–Crippen LogP) is 4.45. The van der Waals surface area contributed by atoms with E-state index in [1.807, 2.05) is 0 Å². The van der Waals surface area contributed by atoms with Crippen molar-refractivity contribution >= 4 is 40.6 Å². The highest BCUT2D eigenvalue weighted by molar-refractivity contribution is 6.42. The first-order chi connectivity index (χ1) is 9.47. The van der Waals surface area contributed by atoms with Crippen LogP contribution in [0.5, 0.6) is 0 Å². The van der Waals surface area contributed by atoms with Crippen LogP contribution in [0.15, 0.2) is 42.5 Å². The number of rotatable bonds is 3. The SMILES string of the molecule is CC(=O)c1cccc(NC(=O)c2ccc(Cl)c(Cl)c2)c1. The Bertz CT molecular complexity index is 683. The van der Waals surface area contributed by atoms with E-state index in [-0.39, 0.29) is 11.7 Å². The molecule has 0 saturated heterocycles. The minimum Gasteiger partial charge on any atom is -0.322 e. The summed E-state index contributed by atoms with van der Waals surface area (Å²) >= 11 is 11.7. The molecule has 0 spiro atoms. The molecule has 0 unspecified atom stereocenters. The molecule has 0 bridgehead atoms. The highest BCUT2D eigenvalue weighted by atomic mass is 35.5.